The van der Waals surface area contributed by atoms with E-state index in [4.69, 9.17) is 4.52 Å². The van der Waals surface area contributed by atoms with Gasteiger partial charge in [0.2, 0.25) is 23.5 Å². The van der Waals surface area contributed by atoms with Gasteiger partial charge in [-0.05, 0) is 43.3 Å². The summed E-state index contributed by atoms with van der Waals surface area (Å²) < 4.78 is 5.31. The van der Waals surface area contributed by atoms with Crippen LogP contribution in [0.15, 0.2) is 53.1 Å². The predicted molar refractivity (Wildman–Crippen MR) is 128 cm³/mol. The topological polar surface area (TPSA) is 100 Å². The van der Waals surface area contributed by atoms with Gasteiger partial charge in [0, 0.05) is 30.6 Å². The largest absolute Gasteiger partial charge is 0.352 e. The average molecular weight is 450 g/mol. The van der Waals surface area contributed by atoms with E-state index in [1.165, 1.54) is 5.56 Å². The molecular weight excluding hydrogens is 418 g/mol. The number of rotatable bonds is 10. The molecule has 0 saturated carbocycles. The molecule has 1 heterocycles. The van der Waals surface area contributed by atoms with Gasteiger partial charge in [0.05, 0.1) is 6.54 Å². The molecule has 0 unspecified atom stereocenters. The van der Waals surface area contributed by atoms with Gasteiger partial charge >= 0.3 is 0 Å². The Morgan fingerprint density at radius 3 is 2.52 bits per heavy atom. The van der Waals surface area contributed by atoms with Gasteiger partial charge in [-0.25, -0.2) is 0 Å². The van der Waals surface area contributed by atoms with E-state index in [1.54, 1.807) is 4.90 Å². The highest BCUT2D eigenvalue weighted by Crippen LogP contribution is 2.20. The molecule has 2 aromatic carbocycles. The molecule has 3 rings (SSSR count). The zero-order valence-corrected chi connectivity index (χ0v) is 19.6. The van der Waals surface area contributed by atoms with Crippen molar-refractivity contribution in [3.63, 3.8) is 0 Å². The summed E-state index contributed by atoms with van der Waals surface area (Å²) in [7, 11) is 3.68. The van der Waals surface area contributed by atoms with Crippen LogP contribution in [0.25, 0.3) is 11.4 Å². The second-order valence-corrected chi connectivity index (χ2v) is 8.55. The van der Waals surface area contributed by atoms with Crippen molar-refractivity contribution in [3.8, 4) is 11.4 Å². The lowest BCUT2D eigenvalue weighted by atomic mass is 10.0. The molecule has 2 N–H and O–H groups in total. The Morgan fingerprint density at radius 2 is 1.82 bits per heavy atom. The lowest BCUT2D eigenvalue weighted by Gasteiger charge is -2.11. The van der Waals surface area contributed by atoms with Crippen LogP contribution >= 0.6 is 0 Å². The van der Waals surface area contributed by atoms with Gasteiger partial charge in [-0.1, -0.05) is 55.4 Å². The molecule has 0 saturated heterocycles. The Morgan fingerprint density at radius 1 is 1.06 bits per heavy atom. The number of hydrogen-bond acceptors (Lipinski definition) is 6. The molecule has 0 bridgehead atoms. The van der Waals surface area contributed by atoms with Crippen LogP contribution in [-0.2, 0) is 22.6 Å². The Labute approximate surface area is 194 Å². The van der Waals surface area contributed by atoms with E-state index in [2.05, 4.69) is 46.8 Å². The van der Waals surface area contributed by atoms with Crippen molar-refractivity contribution in [2.45, 2.75) is 39.2 Å². The lowest BCUT2D eigenvalue weighted by Crippen LogP contribution is -2.27. The van der Waals surface area contributed by atoms with Crippen molar-refractivity contribution in [3.05, 3.63) is 65.5 Å². The van der Waals surface area contributed by atoms with Crippen LogP contribution in [-0.4, -0.2) is 47.5 Å². The highest BCUT2D eigenvalue weighted by molar-refractivity contribution is 5.92. The summed E-state index contributed by atoms with van der Waals surface area (Å²) >= 11 is 0. The number of nitrogens with one attached hydrogen (secondary N) is 2. The van der Waals surface area contributed by atoms with Gasteiger partial charge in [0.15, 0.2) is 0 Å². The van der Waals surface area contributed by atoms with E-state index in [0.29, 0.717) is 42.8 Å². The molecule has 174 valence electrons. The molecule has 0 radical (unpaired) electrons. The minimum absolute atomic E-state index is 0.0871. The molecule has 0 fully saturated rings. The van der Waals surface area contributed by atoms with Crippen LogP contribution in [0.3, 0.4) is 0 Å². The van der Waals surface area contributed by atoms with Crippen molar-refractivity contribution in [2.24, 2.45) is 0 Å². The molecule has 8 heteroatoms. The molecule has 33 heavy (non-hydrogen) atoms. The maximum atomic E-state index is 12.3. The number of carbonyl (C=O) groups is 2. The van der Waals surface area contributed by atoms with Crippen LogP contribution in [0.1, 0.15) is 43.2 Å². The molecule has 0 aliphatic rings. The molecule has 2 amide bonds. The Bertz CT molecular complexity index is 1070. The number of anilines is 1. The smallest absolute Gasteiger partial charge is 0.238 e. The maximum Gasteiger partial charge on any atom is 0.238 e. The molecule has 3 aromatic rings. The number of likely N-dealkylation sites (N-methyl/N-ethyl adjacent to an activating group) is 1. The summed E-state index contributed by atoms with van der Waals surface area (Å²) in [5.41, 5.74) is 3.74. The molecule has 0 aliphatic carbocycles. The first-order valence-corrected chi connectivity index (χ1v) is 11.0. The first-order chi connectivity index (χ1) is 15.8. The van der Waals surface area contributed by atoms with Crippen LogP contribution < -0.4 is 10.6 Å². The average Bonchev–Trinajstić information content (AvgIpc) is 3.25. The number of aryl methyl sites for hydroxylation is 1. The molecule has 0 atom stereocenters. The van der Waals surface area contributed by atoms with E-state index in [9.17, 15) is 9.59 Å². The van der Waals surface area contributed by atoms with Crippen molar-refractivity contribution in [1.82, 2.24) is 20.4 Å². The summed E-state index contributed by atoms with van der Waals surface area (Å²) in [5.74, 6) is 1.21. The Balaban J connectivity index is 1.46. The van der Waals surface area contributed by atoms with E-state index < -0.39 is 0 Å². The molecular formula is C25H31N5O3. The highest BCUT2D eigenvalue weighted by Gasteiger charge is 2.11. The van der Waals surface area contributed by atoms with Gasteiger partial charge in [0.1, 0.15) is 0 Å². The van der Waals surface area contributed by atoms with E-state index in [1.807, 2.05) is 50.5 Å². The number of carbonyl (C=O) groups excluding carboxylic acids is 2. The van der Waals surface area contributed by atoms with Crippen molar-refractivity contribution in [2.75, 3.05) is 26.0 Å². The monoisotopic (exact) mass is 449 g/mol. The fourth-order valence-corrected chi connectivity index (χ4v) is 3.25. The van der Waals surface area contributed by atoms with E-state index in [0.717, 1.165) is 11.1 Å². The first kappa shape index (κ1) is 24.1. The Kier molecular flexibility index (Phi) is 8.32. The summed E-state index contributed by atoms with van der Waals surface area (Å²) in [6, 6.07) is 15.5. The van der Waals surface area contributed by atoms with Crippen LogP contribution in [0.5, 0.6) is 0 Å². The minimum atomic E-state index is -0.113. The zero-order valence-electron chi connectivity index (χ0n) is 19.6. The third-order valence-corrected chi connectivity index (χ3v) is 5.03. The SMILES string of the molecule is CC(C)c1ccc(-c2noc(CCC(=O)NCc3cccc(NC(=O)CN(C)C)c3)n2)cc1. The number of amides is 2. The third-order valence-electron chi connectivity index (χ3n) is 5.03. The number of aromatic nitrogens is 2. The number of nitrogens with zero attached hydrogens (tertiary/aromatic N) is 3. The van der Waals surface area contributed by atoms with Gasteiger partial charge in [-0.15, -0.1) is 0 Å². The van der Waals surface area contributed by atoms with Crippen LogP contribution in [0.2, 0.25) is 0 Å². The van der Waals surface area contributed by atoms with E-state index >= 15 is 0 Å². The van der Waals surface area contributed by atoms with E-state index in [-0.39, 0.29) is 18.2 Å². The molecule has 1 aromatic heterocycles. The van der Waals surface area contributed by atoms with Gasteiger partial charge in [-0.3, -0.25) is 9.59 Å². The summed E-state index contributed by atoms with van der Waals surface area (Å²) in [5, 5.41) is 9.77. The summed E-state index contributed by atoms with van der Waals surface area (Å²) in [6.07, 6.45) is 0.608. The van der Waals surface area contributed by atoms with Crippen LogP contribution in [0, 0.1) is 0 Å². The second-order valence-electron chi connectivity index (χ2n) is 8.55. The fraction of sp³-hybridized carbons (Fsp3) is 0.360. The standard InChI is InChI=1S/C25H31N5O3/c1-17(2)19-8-10-20(11-9-19)25-28-24(33-29-25)13-12-22(31)26-15-18-6-5-7-21(14-18)27-23(32)16-30(3)4/h5-11,14,17H,12-13,15-16H2,1-4H3,(H,26,31)(H,27,32). The summed E-state index contributed by atoms with van der Waals surface area (Å²) in [6.45, 7) is 4.97. The lowest BCUT2D eigenvalue weighted by molar-refractivity contribution is -0.121. The maximum absolute atomic E-state index is 12.3. The number of benzene rings is 2. The van der Waals surface area contributed by atoms with Crippen molar-refractivity contribution in [1.29, 1.82) is 0 Å². The molecule has 0 spiro atoms. The Hall–Kier alpha value is -3.52. The van der Waals surface area contributed by atoms with Crippen molar-refractivity contribution < 1.29 is 14.1 Å². The zero-order chi connectivity index (χ0) is 23.8. The predicted octanol–water partition coefficient (Wildman–Crippen LogP) is 3.61. The molecule has 8 nitrogen and oxygen atoms in total. The molecule has 0 aliphatic heterocycles. The quantitative estimate of drug-likeness (QED) is 0.490. The normalized spacial score (nSPS) is 11.1. The van der Waals surface area contributed by atoms with Gasteiger partial charge < -0.3 is 20.1 Å². The van der Waals surface area contributed by atoms with Crippen LogP contribution in [0.4, 0.5) is 5.69 Å². The second kappa shape index (κ2) is 11.4. The van der Waals surface area contributed by atoms with Crippen molar-refractivity contribution >= 4 is 17.5 Å². The fourth-order valence-electron chi connectivity index (χ4n) is 3.25. The minimum Gasteiger partial charge on any atom is -0.352 e. The third kappa shape index (κ3) is 7.54. The summed E-state index contributed by atoms with van der Waals surface area (Å²) in [4.78, 5) is 30.4. The van der Waals surface area contributed by atoms with Gasteiger partial charge in [-0.2, -0.15) is 4.98 Å². The van der Waals surface area contributed by atoms with Gasteiger partial charge in [0.25, 0.3) is 0 Å². The highest BCUT2D eigenvalue weighted by atomic mass is 16.5. The number of hydrogen-bond donors (Lipinski definition) is 2. The first-order valence-electron chi connectivity index (χ1n) is 11.0.